The summed E-state index contributed by atoms with van der Waals surface area (Å²) in [4.78, 5) is 8.55. The van der Waals surface area contributed by atoms with Crippen LogP contribution in [0.5, 0.6) is 0 Å². The fraction of sp³-hybridized carbons (Fsp3) is 0. The quantitative estimate of drug-likeness (QED) is 0.677. The Kier molecular flexibility index (Phi) is 4.80. The number of nitrogens with zero attached hydrogens (tertiary/aromatic N) is 3. The van der Waals surface area contributed by atoms with E-state index in [4.69, 9.17) is 28.5 Å². The maximum atomic E-state index is 8.94. The minimum absolute atomic E-state index is 0.412. The molecule has 2 aromatic carbocycles. The molecule has 0 radical (unpaired) electrons. The number of aromatic nitrogens is 2. The first-order valence-electron chi connectivity index (χ1n) is 6.96. The van der Waals surface area contributed by atoms with Gasteiger partial charge in [0.15, 0.2) is 0 Å². The average Bonchev–Trinajstić information content (AvgIpc) is 2.59. The van der Waals surface area contributed by atoms with Gasteiger partial charge in [-0.25, -0.2) is 4.98 Å². The predicted molar refractivity (Wildman–Crippen MR) is 96.2 cm³/mol. The zero-order valence-corrected chi connectivity index (χ0v) is 13.8. The molecular formula is C17H11Cl2N5. The van der Waals surface area contributed by atoms with Crippen LogP contribution >= 0.6 is 23.2 Å². The van der Waals surface area contributed by atoms with Crippen molar-refractivity contribution in [3.63, 3.8) is 0 Å². The van der Waals surface area contributed by atoms with Crippen molar-refractivity contribution in [1.82, 2.24) is 9.97 Å². The monoisotopic (exact) mass is 355 g/mol. The highest BCUT2D eigenvalue weighted by molar-refractivity contribution is 6.42. The first-order chi connectivity index (χ1) is 11.6. The summed E-state index contributed by atoms with van der Waals surface area (Å²) in [7, 11) is 0. The van der Waals surface area contributed by atoms with Crippen LogP contribution in [-0.2, 0) is 0 Å². The lowest BCUT2D eigenvalue weighted by Gasteiger charge is -2.09. The van der Waals surface area contributed by atoms with Crippen LogP contribution in [0.1, 0.15) is 5.56 Å². The van der Waals surface area contributed by atoms with Gasteiger partial charge in [0.25, 0.3) is 0 Å². The molecule has 0 aliphatic rings. The molecule has 0 unspecified atom stereocenters. The van der Waals surface area contributed by atoms with E-state index in [0.29, 0.717) is 27.4 Å². The second kappa shape index (κ2) is 7.18. The van der Waals surface area contributed by atoms with Crippen molar-refractivity contribution in [2.75, 3.05) is 10.6 Å². The van der Waals surface area contributed by atoms with Crippen LogP contribution in [0.15, 0.2) is 54.7 Å². The molecule has 0 aliphatic carbocycles. The number of halogens is 2. The lowest BCUT2D eigenvalue weighted by atomic mass is 10.2. The molecular weight excluding hydrogens is 345 g/mol. The normalized spacial score (nSPS) is 10.0. The molecule has 24 heavy (non-hydrogen) atoms. The van der Waals surface area contributed by atoms with Gasteiger partial charge in [-0.1, -0.05) is 29.3 Å². The summed E-state index contributed by atoms with van der Waals surface area (Å²) in [5, 5.41) is 16.1. The van der Waals surface area contributed by atoms with E-state index in [1.807, 2.05) is 6.07 Å². The zero-order valence-electron chi connectivity index (χ0n) is 12.3. The Bertz CT molecular complexity index is 921. The molecule has 0 saturated carbocycles. The largest absolute Gasteiger partial charge is 0.340 e. The van der Waals surface area contributed by atoms with Crippen molar-refractivity contribution in [2.45, 2.75) is 0 Å². The number of hydrogen-bond donors (Lipinski definition) is 2. The topological polar surface area (TPSA) is 73.6 Å². The SMILES string of the molecule is N#Cc1cccc(Nc2ccnc(Nc3ccc(Cl)c(Cl)c3)n2)c1. The van der Waals surface area contributed by atoms with Gasteiger partial charge in [0.05, 0.1) is 21.7 Å². The molecule has 0 spiro atoms. The Morgan fingerprint density at radius 3 is 2.54 bits per heavy atom. The Morgan fingerprint density at radius 1 is 0.917 bits per heavy atom. The lowest BCUT2D eigenvalue weighted by Crippen LogP contribution is -2.00. The zero-order chi connectivity index (χ0) is 16.9. The Balaban J connectivity index is 1.78. The van der Waals surface area contributed by atoms with Crippen molar-refractivity contribution in [2.24, 2.45) is 0 Å². The van der Waals surface area contributed by atoms with E-state index in [0.717, 1.165) is 11.4 Å². The second-order valence-corrected chi connectivity index (χ2v) is 5.65. The smallest absolute Gasteiger partial charge is 0.229 e. The van der Waals surface area contributed by atoms with Gasteiger partial charge in [-0.15, -0.1) is 0 Å². The summed E-state index contributed by atoms with van der Waals surface area (Å²) >= 11 is 11.9. The van der Waals surface area contributed by atoms with Gasteiger partial charge in [0, 0.05) is 17.6 Å². The highest BCUT2D eigenvalue weighted by Crippen LogP contribution is 2.26. The first kappa shape index (κ1) is 16.1. The van der Waals surface area contributed by atoms with Crippen LogP contribution < -0.4 is 10.6 Å². The molecule has 1 aromatic heterocycles. The molecule has 3 rings (SSSR count). The van der Waals surface area contributed by atoms with Gasteiger partial charge in [-0.2, -0.15) is 10.2 Å². The first-order valence-corrected chi connectivity index (χ1v) is 7.72. The standard InChI is InChI=1S/C17H11Cl2N5/c18-14-5-4-13(9-15(14)19)23-17-21-7-6-16(24-17)22-12-3-1-2-11(8-12)10-20/h1-9H,(H2,21,22,23,24). The third-order valence-corrected chi connectivity index (χ3v) is 3.83. The van der Waals surface area contributed by atoms with Crippen LogP contribution in [0.25, 0.3) is 0 Å². The molecule has 5 nitrogen and oxygen atoms in total. The summed E-state index contributed by atoms with van der Waals surface area (Å²) in [6.45, 7) is 0. The maximum absolute atomic E-state index is 8.94. The highest BCUT2D eigenvalue weighted by atomic mass is 35.5. The number of anilines is 4. The van der Waals surface area contributed by atoms with Gasteiger partial charge in [0.2, 0.25) is 5.95 Å². The molecule has 0 fully saturated rings. The molecule has 3 aromatic rings. The summed E-state index contributed by atoms with van der Waals surface area (Å²) in [6.07, 6.45) is 1.63. The summed E-state index contributed by atoms with van der Waals surface area (Å²) in [6, 6.07) is 16.2. The molecule has 0 aliphatic heterocycles. The third kappa shape index (κ3) is 3.93. The van der Waals surface area contributed by atoms with Crippen molar-refractivity contribution < 1.29 is 0 Å². The van der Waals surface area contributed by atoms with Crippen molar-refractivity contribution in [3.05, 3.63) is 70.3 Å². The van der Waals surface area contributed by atoms with Crippen LogP contribution in [0.2, 0.25) is 10.0 Å². The Morgan fingerprint density at radius 2 is 1.75 bits per heavy atom. The lowest BCUT2D eigenvalue weighted by molar-refractivity contribution is 1.17. The molecule has 1 heterocycles. The van der Waals surface area contributed by atoms with E-state index in [1.165, 1.54) is 0 Å². The van der Waals surface area contributed by atoms with Gasteiger partial charge < -0.3 is 10.6 Å². The van der Waals surface area contributed by atoms with Crippen LogP contribution in [0.3, 0.4) is 0 Å². The van der Waals surface area contributed by atoms with Crippen LogP contribution in [0.4, 0.5) is 23.1 Å². The Labute approximate surface area is 148 Å². The van der Waals surface area contributed by atoms with Gasteiger partial charge in [-0.05, 0) is 42.5 Å². The minimum atomic E-state index is 0.412. The molecule has 0 atom stereocenters. The molecule has 0 saturated heterocycles. The van der Waals surface area contributed by atoms with E-state index in [-0.39, 0.29) is 0 Å². The van der Waals surface area contributed by atoms with Crippen molar-refractivity contribution >= 4 is 46.3 Å². The second-order valence-electron chi connectivity index (χ2n) is 4.84. The van der Waals surface area contributed by atoms with Crippen LogP contribution in [-0.4, -0.2) is 9.97 Å². The van der Waals surface area contributed by atoms with Gasteiger partial charge in [0.1, 0.15) is 5.82 Å². The van der Waals surface area contributed by atoms with E-state index in [9.17, 15) is 0 Å². The number of rotatable bonds is 4. The average molecular weight is 356 g/mol. The summed E-state index contributed by atoms with van der Waals surface area (Å²) < 4.78 is 0. The molecule has 0 bridgehead atoms. The van der Waals surface area contributed by atoms with E-state index < -0.39 is 0 Å². The van der Waals surface area contributed by atoms with Gasteiger partial charge >= 0.3 is 0 Å². The number of benzene rings is 2. The number of nitriles is 1. The Hall–Kier alpha value is -2.81. The molecule has 0 amide bonds. The molecule has 7 heteroatoms. The molecule has 2 N–H and O–H groups in total. The van der Waals surface area contributed by atoms with Crippen LogP contribution in [0, 0.1) is 11.3 Å². The van der Waals surface area contributed by atoms with E-state index in [2.05, 4.69) is 26.7 Å². The third-order valence-electron chi connectivity index (χ3n) is 3.10. The van der Waals surface area contributed by atoms with E-state index in [1.54, 1.807) is 48.7 Å². The van der Waals surface area contributed by atoms with E-state index >= 15 is 0 Å². The fourth-order valence-electron chi connectivity index (χ4n) is 2.01. The van der Waals surface area contributed by atoms with Crippen molar-refractivity contribution in [1.29, 1.82) is 5.26 Å². The predicted octanol–water partition coefficient (Wildman–Crippen LogP) is 5.14. The molecule has 118 valence electrons. The maximum Gasteiger partial charge on any atom is 0.229 e. The fourth-order valence-corrected chi connectivity index (χ4v) is 2.30. The summed E-state index contributed by atoms with van der Waals surface area (Å²) in [5.74, 6) is 1.01. The van der Waals surface area contributed by atoms with Gasteiger partial charge in [-0.3, -0.25) is 0 Å². The number of hydrogen-bond acceptors (Lipinski definition) is 5. The highest BCUT2D eigenvalue weighted by Gasteiger charge is 2.04. The number of nitrogens with one attached hydrogen (secondary N) is 2. The van der Waals surface area contributed by atoms with Crippen molar-refractivity contribution in [3.8, 4) is 6.07 Å². The summed E-state index contributed by atoms with van der Waals surface area (Å²) in [5.41, 5.74) is 2.07. The minimum Gasteiger partial charge on any atom is -0.340 e.